The SMILES string of the molecule is CC(C)(O)c1cccc(C(=O)NC2CCCCC2)c1. The first kappa shape index (κ1) is 14.1. The lowest BCUT2D eigenvalue weighted by atomic mass is 9.94. The Kier molecular flexibility index (Phi) is 4.25. The molecule has 3 nitrogen and oxygen atoms in total. The van der Waals surface area contributed by atoms with Gasteiger partial charge in [0.2, 0.25) is 0 Å². The van der Waals surface area contributed by atoms with Gasteiger partial charge < -0.3 is 10.4 Å². The van der Waals surface area contributed by atoms with Gasteiger partial charge >= 0.3 is 0 Å². The van der Waals surface area contributed by atoms with Crippen LogP contribution in [0.2, 0.25) is 0 Å². The van der Waals surface area contributed by atoms with Gasteiger partial charge in [-0.25, -0.2) is 0 Å². The summed E-state index contributed by atoms with van der Waals surface area (Å²) in [7, 11) is 0. The van der Waals surface area contributed by atoms with Crippen molar-refractivity contribution in [2.75, 3.05) is 0 Å². The molecule has 19 heavy (non-hydrogen) atoms. The zero-order chi connectivity index (χ0) is 13.9. The van der Waals surface area contributed by atoms with E-state index in [0.29, 0.717) is 11.6 Å². The van der Waals surface area contributed by atoms with Crippen molar-refractivity contribution in [1.82, 2.24) is 5.32 Å². The Labute approximate surface area is 115 Å². The summed E-state index contributed by atoms with van der Waals surface area (Å²) in [6, 6.07) is 7.55. The van der Waals surface area contributed by atoms with E-state index in [0.717, 1.165) is 18.4 Å². The number of amides is 1. The molecule has 1 aliphatic rings. The number of carbonyl (C=O) groups is 1. The summed E-state index contributed by atoms with van der Waals surface area (Å²) in [5.74, 6) is -0.0296. The summed E-state index contributed by atoms with van der Waals surface area (Å²) >= 11 is 0. The smallest absolute Gasteiger partial charge is 0.251 e. The molecule has 0 saturated heterocycles. The van der Waals surface area contributed by atoms with Crippen LogP contribution in [0.4, 0.5) is 0 Å². The number of carbonyl (C=O) groups excluding carboxylic acids is 1. The Balaban J connectivity index is 2.06. The zero-order valence-electron chi connectivity index (χ0n) is 11.8. The molecule has 1 fully saturated rings. The van der Waals surface area contributed by atoms with Gasteiger partial charge in [0.15, 0.2) is 0 Å². The lowest BCUT2D eigenvalue weighted by molar-refractivity contribution is 0.0784. The van der Waals surface area contributed by atoms with E-state index in [1.165, 1.54) is 19.3 Å². The maximum Gasteiger partial charge on any atom is 0.251 e. The van der Waals surface area contributed by atoms with Crippen LogP contribution >= 0.6 is 0 Å². The molecule has 3 heteroatoms. The van der Waals surface area contributed by atoms with Gasteiger partial charge in [-0.2, -0.15) is 0 Å². The standard InChI is InChI=1S/C16H23NO2/c1-16(2,19)13-8-6-7-12(11-13)15(18)17-14-9-4-3-5-10-14/h6-8,11,14,19H,3-5,9-10H2,1-2H3,(H,17,18). The van der Waals surface area contributed by atoms with Crippen molar-refractivity contribution >= 4 is 5.91 Å². The molecule has 1 saturated carbocycles. The number of rotatable bonds is 3. The van der Waals surface area contributed by atoms with Crippen LogP contribution < -0.4 is 5.32 Å². The number of aliphatic hydroxyl groups is 1. The van der Waals surface area contributed by atoms with Crippen LogP contribution in [0.25, 0.3) is 0 Å². The molecule has 0 aliphatic heterocycles. The normalized spacial score (nSPS) is 17.2. The number of nitrogens with one attached hydrogen (secondary N) is 1. The van der Waals surface area contributed by atoms with Crippen molar-refractivity contribution < 1.29 is 9.90 Å². The van der Waals surface area contributed by atoms with Crippen LogP contribution in [-0.2, 0) is 5.60 Å². The van der Waals surface area contributed by atoms with Crippen LogP contribution in [0.1, 0.15) is 61.9 Å². The Morgan fingerprint density at radius 2 is 1.95 bits per heavy atom. The first-order chi connectivity index (χ1) is 8.97. The summed E-state index contributed by atoms with van der Waals surface area (Å²) in [6.07, 6.45) is 5.84. The lowest BCUT2D eigenvalue weighted by Crippen LogP contribution is -2.36. The van der Waals surface area contributed by atoms with E-state index in [2.05, 4.69) is 5.32 Å². The zero-order valence-corrected chi connectivity index (χ0v) is 11.8. The Morgan fingerprint density at radius 3 is 2.58 bits per heavy atom. The molecule has 2 N–H and O–H groups in total. The first-order valence-electron chi connectivity index (χ1n) is 7.10. The molecule has 0 bridgehead atoms. The minimum atomic E-state index is -0.916. The molecule has 104 valence electrons. The van der Waals surface area contributed by atoms with Crippen molar-refractivity contribution in [2.24, 2.45) is 0 Å². The van der Waals surface area contributed by atoms with E-state index < -0.39 is 5.60 Å². The monoisotopic (exact) mass is 261 g/mol. The molecular weight excluding hydrogens is 238 g/mol. The molecule has 0 radical (unpaired) electrons. The predicted molar refractivity (Wildman–Crippen MR) is 76.0 cm³/mol. The molecular formula is C16H23NO2. The lowest BCUT2D eigenvalue weighted by Gasteiger charge is -2.23. The Morgan fingerprint density at radius 1 is 1.26 bits per heavy atom. The van der Waals surface area contributed by atoms with Crippen LogP contribution in [0.5, 0.6) is 0 Å². The molecule has 1 aromatic carbocycles. The van der Waals surface area contributed by atoms with Gasteiger partial charge in [-0.15, -0.1) is 0 Å². The summed E-state index contributed by atoms with van der Waals surface area (Å²) in [6.45, 7) is 3.45. The van der Waals surface area contributed by atoms with E-state index >= 15 is 0 Å². The second kappa shape index (κ2) is 5.74. The highest BCUT2D eigenvalue weighted by Gasteiger charge is 2.19. The van der Waals surface area contributed by atoms with Gasteiger partial charge in [0.05, 0.1) is 5.60 Å². The predicted octanol–water partition coefficient (Wildman–Crippen LogP) is 2.98. The van der Waals surface area contributed by atoms with Crippen LogP contribution in [0.15, 0.2) is 24.3 Å². The number of hydrogen-bond acceptors (Lipinski definition) is 2. The highest BCUT2D eigenvalue weighted by molar-refractivity contribution is 5.94. The molecule has 1 aromatic rings. The van der Waals surface area contributed by atoms with Gasteiger partial charge in [-0.3, -0.25) is 4.79 Å². The van der Waals surface area contributed by atoms with E-state index in [4.69, 9.17) is 0 Å². The van der Waals surface area contributed by atoms with E-state index in [-0.39, 0.29) is 5.91 Å². The molecule has 0 aromatic heterocycles. The van der Waals surface area contributed by atoms with Crippen molar-refractivity contribution in [2.45, 2.75) is 57.6 Å². The summed E-state index contributed by atoms with van der Waals surface area (Å²) < 4.78 is 0. The first-order valence-corrected chi connectivity index (χ1v) is 7.10. The van der Waals surface area contributed by atoms with Gasteiger partial charge in [0.1, 0.15) is 0 Å². The fourth-order valence-electron chi connectivity index (χ4n) is 2.56. The quantitative estimate of drug-likeness (QED) is 0.878. The third-order valence-corrected chi connectivity index (χ3v) is 3.77. The van der Waals surface area contributed by atoms with Crippen LogP contribution in [-0.4, -0.2) is 17.1 Å². The second-order valence-electron chi connectivity index (χ2n) is 5.95. The third kappa shape index (κ3) is 3.80. The average molecular weight is 261 g/mol. The minimum absolute atomic E-state index is 0.0296. The molecule has 0 heterocycles. The van der Waals surface area contributed by atoms with Gasteiger partial charge in [0.25, 0.3) is 5.91 Å². The number of benzene rings is 1. The van der Waals surface area contributed by atoms with E-state index in [1.54, 1.807) is 26.0 Å². The third-order valence-electron chi connectivity index (χ3n) is 3.77. The van der Waals surface area contributed by atoms with Gasteiger partial charge in [-0.05, 0) is 44.4 Å². The van der Waals surface area contributed by atoms with Gasteiger partial charge in [0, 0.05) is 11.6 Å². The molecule has 0 atom stereocenters. The Hall–Kier alpha value is -1.35. The minimum Gasteiger partial charge on any atom is -0.386 e. The van der Waals surface area contributed by atoms with E-state index in [9.17, 15) is 9.90 Å². The van der Waals surface area contributed by atoms with Crippen molar-refractivity contribution in [3.63, 3.8) is 0 Å². The van der Waals surface area contributed by atoms with Gasteiger partial charge in [-0.1, -0.05) is 31.4 Å². The fraction of sp³-hybridized carbons (Fsp3) is 0.562. The molecule has 0 unspecified atom stereocenters. The number of hydrogen-bond donors (Lipinski definition) is 2. The fourth-order valence-corrected chi connectivity index (χ4v) is 2.56. The van der Waals surface area contributed by atoms with Crippen molar-refractivity contribution in [1.29, 1.82) is 0 Å². The highest BCUT2D eigenvalue weighted by atomic mass is 16.3. The molecule has 1 amide bonds. The van der Waals surface area contributed by atoms with Crippen LogP contribution in [0.3, 0.4) is 0 Å². The van der Waals surface area contributed by atoms with Crippen LogP contribution in [0, 0.1) is 0 Å². The van der Waals surface area contributed by atoms with Crippen molar-refractivity contribution in [3.8, 4) is 0 Å². The van der Waals surface area contributed by atoms with E-state index in [1.807, 2.05) is 12.1 Å². The van der Waals surface area contributed by atoms with Crippen molar-refractivity contribution in [3.05, 3.63) is 35.4 Å². The largest absolute Gasteiger partial charge is 0.386 e. The maximum atomic E-state index is 12.2. The molecule has 2 rings (SSSR count). The maximum absolute atomic E-state index is 12.2. The summed E-state index contributed by atoms with van der Waals surface area (Å²) in [5, 5.41) is 13.1. The second-order valence-corrected chi connectivity index (χ2v) is 5.95. The highest BCUT2D eigenvalue weighted by Crippen LogP contribution is 2.21. The summed E-state index contributed by atoms with van der Waals surface area (Å²) in [5.41, 5.74) is 0.482. The topological polar surface area (TPSA) is 49.3 Å². The summed E-state index contributed by atoms with van der Waals surface area (Å²) in [4.78, 5) is 12.2. The molecule has 1 aliphatic carbocycles. The molecule has 0 spiro atoms. The Bertz CT molecular complexity index is 442. The average Bonchev–Trinajstić information content (AvgIpc) is 2.39.